The minimum absolute atomic E-state index is 0.566. The van der Waals surface area contributed by atoms with Crippen molar-refractivity contribution in [3.8, 4) is 0 Å². The molecule has 0 heteroatoms. The minimum Gasteiger partial charge on any atom is -0.0991 e. The van der Waals surface area contributed by atoms with E-state index in [9.17, 15) is 0 Å². The number of rotatable bonds is 8. The molecule has 1 saturated carbocycles. The first kappa shape index (κ1) is 17.0. The van der Waals surface area contributed by atoms with Gasteiger partial charge in [0.2, 0.25) is 0 Å². The van der Waals surface area contributed by atoms with Crippen LogP contribution in [0.15, 0.2) is 49.1 Å². The SMILES string of the molecule is C=C/C=C\C(=C)C(C)CCC(C)/C=C/C1CCCCC1. The molecule has 0 amide bonds. The Morgan fingerprint density at radius 3 is 2.50 bits per heavy atom. The Hall–Kier alpha value is -1.04. The van der Waals surface area contributed by atoms with Crippen molar-refractivity contribution in [1.82, 2.24) is 0 Å². The van der Waals surface area contributed by atoms with Crippen molar-refractivity contribution in [1.29, 1.82) is 0 Å². The van der Waals surface area contributed by atoms with Gasteiger partial charge in [0, 0.05) is 0 Å². The molecule has 0 aliphatic heterocycles. The van der Waals surface area contributed by atoms with Gasteiger partial charge in [-0.15, -0.1) is 0 Å². The molecule has 0 nitrogen and oxygen atoms in total. The Labute approximate surface area is 126 Å². The van der Waals surface area contributed by atoms with E-state index in [1.807, 2.05) is 12.2 Å². The van der Waals surface area contributed by atoms with E-state index in [2.05, 4.69) is 45.2 Å². The molecular formula is C20H32. The molecule has 2 unspecified atom stereocenters. The quantitative estimate of drug-likeness (QED) is 0.351. The normalized spacial score (nSPS) is 20.3. The van der Waals surface area contributed by atoms with Crippen molar-refractivity contribution in [2.75, 3.05) is 0 Å². The van der Waals surface area contributed by atoms with Gasteiger partial charge in [-0.25, -0.2) is 0 Å². The van der Waals surface area contributed by atoms with E-state index in [0.29, 0.717) is 11.8 Å². The molecular weight excluding hydrogens is 240 g/mol. The first-order chi connectivity index (χ1) is 9.63. The van der Waals surface area contributed by atoms with Gasteiger partial charge in [0.25, 0.3) is 0 Å². The van der Waals surface area contributed by atoms with Gasteiger partial charge < -0.3 is 0 Å². The highest BCUT2D eigenvalue weighted by Gasteiger charge is 2.11. The zero-order chi connectivity index (χ0) is 14.8. The molecule has 1 rings (SSSR count). The Balaban J connectivity index is 2.26. The second-order valence-corrected chi connectivity index (χ2v) is 6.41. The van der Waals surface area contributed by atoms with Crippen LogP contribution in [0.2, 0.25) is 0 Å². The first-order valence-electron chi connectivity index (χ1n) is 8.29. The highest BCUT2D eigenvalue weighted by atomic mass is 14.2. The molecule has 1 fully saturated rings. The monoisotopic (exact) mass is 272 g/mol. The van der Waals surface area contributed by atoms with Gasteiger partial charge in [0.1, 0.15) is 0 Å². The third-order valence-electron chi connectivity index (χ3n) is 4.50. The van der Waals surface area contributed by atoms with Crippen molar-refractivity contribution in [2.45, 2.75) is 58.8 Å². The van der Waals surface area contributed by atoms with Crippen LogP contribution in [0.5, 0.6) is 0 Å². The van der Waals surface area contributed by atoms with Crippen LogP contribution < -0.4 is 0 Å². The van der Waals surface area contributed by atoms with E-state index in [4.69, 9.17) is 0 Å². The molecule has 1 aliphatic rings. The highest BCUT2D eigenvalue weighted by Crippen LogP contribution is 2.26. The summed E-state index contributed by atoms with van der Waals surface area (Å²) in [7, 11) is 0. The lowest BCUT2D eigenvalue weighted by atomic mass is 9.87. The molecule has 0 aromatic heterocycles. The summed E-state index contributed by atoms with van der Waals surface area (Å²) in [5, 5.41) is 0. The van der Waals surface area contributed by atoms with Gasteiger partial charge in [-0.2, -0.15) is 0 Å². The summed E-state index contributed by atoms with van der Waals surface area (Å²) < 4.78 is 0. The maximum atomic E-state index is 4.14. The van der Waals surface area contributed by atoms with Crippen LogP contribution in [0.3, 0.4) is 0 Å². The van der Waals surface area contributed by atoms with Gasteiger partial charge in [0.05, 0.1) is 0 Å². The van der Waals surface area contributed by atoms with Crippen molar-refractivity contribution in [3.05, 3.63) is 49.1 Å². The molecule has 20 heavy (non-hydrogen) atoms. The lowest BCUT2D eigenvalue weighted by Crippen LogP contribution is -2.04. The Kier molecular flexibility index (Phi) is 8.34. The molecule has 1 aliphatic carbocycles. The third-order valence-corrected chi connectivity index (χ3v) is 4.50. The Morgan fingerprint density at radius 2 is 1.85 bits per heavy atom. The van der Waals surface area contributed by atoms with Crippen molar-refractivity contribution in [2.24, 2.45) is 17.8 Å². The smallest absolute Gasteiger partial charge is 0.0196 e. The molecule has 0 aromatic rings. The molecule has 0 saturated heterocycles. The number of hydrogen-bond acceptors (Lipinski definition) is 0. The van der Waals surface area contributed by atoms with Gasteiger partial charge in [0.15, 0.2) is 0 Å². The molecule has 112 valence electrons. The average Bonchev–Trinajstić information content (AvgIpc) is 2.49. The zero-order valence-electron chi connectivity index (χ0n) is 13.5. The van der Waals surface area contributed by atoms with E-state index in [1.54, 1.807) is 0 Å². The number of allylic oxidation sites excluding steroid dienone is 6. The van der Waals surface area contributed by atoms with Crippen LogP contribution >= 0.6 is 0 Å². The molecule has 0 heterocycles. The van der Waals surface area contributed by atoms with Gasteiger partial charge >= 0.3 is 0 Å². The highest BCUT2D eigenvalue weighted by molar-refractivity contribution is 5.20. The van der Waals surface area contributed by atoms with Crippen LogP contribution in [0.4, 0.5) is 0 Å². The average molecular weight is 272 g/mol. The second-order valence-electron chi connectivity index (χ2n) is 6.41. The van der Waals surface area contributed by atoms with E-state index in [0.717, 1.165) is 5.92 Å². The van der Waals surface area contributed by atoms with Crippen LogP contribution in [-0.4, -0.2) is 0 Å². The molecule has 0 spiro atoms. The van der Waals surface area contributed by atoms with Crippen LogP contribution in [-0.2, 0) is 0 Å². The Morgan fingerprint density at radius 1 is 1.15 bits per heavy atom. The summed E-state index contributed by atoms with van der Waals surface area (Å²) in [6.07, 6.45) is 20.4. The summed E-state index contributed by atoms with van der Waals surface area (Å²) in [5.74, 6) is 2.11. The standard InChI is InChI=1S/C20H32/c1-5-6-10-18(3)19(4)15-13-17(2)14-16-20-11-8-7-9-12-20/h5-6,10,14,16-17,19-20H,1,3,7-9,11-13,15H2,2,4H3/b10-6-,16-14+. The number of hydrogen-bond donors (Lipinski definition) is 0. The van der Waals surface area contributed by atoms with Gasteiger partial charge in [-0.05, 0) is 43.4 Å². The van der Waals surface area contributed by atoms with E-state index in [1.165, 1.54) is 50.5 Å². The lowest BCUT2D eigenvalue weighted by Gasteiger charge is -2.19. The van der Waals surface area contributed by atoms with E-state index < -0.39 is 0 Å². The fourth-order valence-electron chi connectivity index (χ4n) is 2.82. The van der Waals surface area contributed by atoms with Crippen LogP contribution in [0, 0.1) is 17.8 Å². The maximum Gasteiger partial charge on any atom is -0.0196 e. The summed E-state index contributed by atoms with van der Waals surface area (Å²) in [4.78, 5) is 0. The molecule has 2 atom stereocenters. The molecule has 0 aromatic carbocycles. The first-order valence-corrected chi connectivity index (χ1v) is 8.29. The fourth-order valence-corrected chi connectivity index (χ4v) is 2.82. The van der Waals surface area contributed by atoms with Crippen molar-refractivity contribution < 1.29 is 0 Å². The molecule has 0 radical (unpaired) electrons. The summed E-state index contributed by atoms with van der Waals surface area (Å²) in [6.45, 7) is 12.4. The van der Waals surface area contributed by atoms with Crippen LogP contribution in [0.25, 0.3) is 0 Å². The van der Waals surface area contributed by atoms with E-state index >= 15 is 0 Å². The zero-order valence-corrected chi connectivity index (χ0v) is 13.5. The van der Waals surface area contributed by atoms with Crippen molar-refractivity contribution >= 4 is 0 Å². The maximum absolute atomic E-state index is 4.14. The Bertz CT molecular complexity index is 339. The second kappa shape index (κ2) is 9.80. The predicted octanol–water partition coefficient (Wildman–Crippen LogP) is 6.47. The van der Waals surface area contributed by atoms with Crippen molar-refractivity contribution in [3.63, 3.8) is 0 Å². The topological polar surface area (TPSA) is 0 Å². The van der Waals surface area contributed by atoms with Crippen LogP contribution in [0.1, 0.15) is 58.8 Å². The predicted molar refractivity (Wildman–Crippen MR) is 91.8 cm³/mol. The largest absolute Gasteiger partial charge is 0.0991 e. The molecule has 0 bridgehead atoms. The van der Waals surface area contributed by atoms with Gasteiger partial charge in [-0.1, -0.05) is 82.2 Å². The molecule has 0 N–H and O–H groups in total. The van der Waals surface area contributed by atoms with E-state index in [-0.39, 0.29) is 0 Å². The minimum atomic E-state index is 0.566. The fraction of sp³-hybridized carbons (Fsp3) is 0.600. The summed E-state index contributed by atoms with van der Waals surface area (Å²) in [6, 6.07) is 0. The lowest BCUT2D eigenvalue weighted by molar-refractivity contribution is 0.416. The van der Waals surface area contributed by atoms with Gasteiger partial charge in [-0.3, -0.25) is 0 Å². The summed E-state index contributed by atoms with van der Waals surface area (Å²) >= 11 is 0. The third kappa shape index (κ3) is 6.93. The summed E-state index contributed by atoms with van der Waals surface area (Å²) in [5.41, 5.74) is 1.22.